The van der Waals surface area contributed by atoms with Crippen molar-refractivity contribution in [2.75, 3.05) is 0 Å². The molecule has 0 aromatic rings. The van der Waals surface area contributed by atoms with E-state index >= 15 is 0 Å². The van der Waals surface area contributed by atoms with Gasteiger partial charge in [0.2, 0.25) is 0 Å². The lowest BCUT2D eigenvalue weighted by Gasteiger charge is -2.01. The van der Waals surface area contributed by atoms with Crippen LogP contribution in [0.25, 0.3) is 0 Å². The first kappa shape index (κ1) is 7.65. The van der Waals surface area contributed by atoms with Crippen LogP contribution < -0.4 is 0 Å². The van der Waals surface area contributed by atoms with Gasteiger partial charge in [-0.25, -0.2) is 0 Å². The summed E-state index contributed by atoms with van der Waals surface area (Å²) in [5, 5.41) is 0. The molecule has 0 radical (unpaired) electrons. The van der Waals surface area contributed by atoms with E-state index in [9.17, 15) is 0 Å². The normalized spacial score (nSPS) is 11.1. The van der Waals surface area contributed by atoms with Crippen LogP contribution in [0, 0.1) is 0 Å². The van der Waals surface area contributed by atoms with E-state index in [2.05, 4.69) is 26.2 Å². The van der Waals surface area contributed by atoms with Crippen LogP contribution >= 0.6 is 0 Å². The van der Waals surface area contributed by atoms with Crippen LogP contribution in [-0.2, 0) is 0 Å². The predicted molar refractivity (Wildman–Crippen MR) is 46.3 cm³/mol. The maximum Gasteiger partial charge on any atom is 0.0152 e. The van der Waals surface area contributed by atoms with Crippen LogP contribution in [0.1, 0.15) is 0 Å². The molecule has 0 aromatic carbocycles. The molecule has 0 atom stereocenters. The highest BCUT2D eigenvalue weighted by atomic mass is 29.6. The molecule has 0 aromatic heterocycles. The standard InChI is InChI=1S/C4H16Si3/c1-6(2)5-7(3)4/h6-7H,5H2,1-4H3. The molecule has 0 saturated carbocycles. The Labute approximate surface area is 51.9 Å². The summed E-state index contributed by atoms with van der Waals surface area (Å²) in [5.74, 6) is 0. The molecule has 0 N–H and O–H groups in total. The average molecular weight is 148 g/mol. The fourth-order valence-corrected chi connectivity index (χ4v) is 25.5. The highest BCUT2D eigenvalue weighted by Gasteiger charge is 1.99. The summed E-state index contributed by atoms with van der Waals surface area (Å²) in [6.07, 6.45) is 0. The van der Waals surface area contributed by atoms with Gasteiger partial charge < -0.3 is 0 Å². The SMILES string of the molecule is C[SiH](C)[SiH2][SiH](C)C. The summed E-state index contributed by atoms with van der Waals surface area (Å²) in [5.41, 5.74) is 0. The van der Waals surface area contributed by atoms with E-state index in [0.29, 0.717) is 8.55 Å². The first-order chi connectivity index (χ1) is 3.13. The lowest BCUT2D eigenvalue weighted by molar-refractivity contribution is 2.06. The Morgan fingerprint density at radius 1 is 0.857 bits per heavy atom. The number of hydrogen-bond acceptors (Lipinski definition) is 0. The first-order valence-corrected chi connectivity index (χ1v) is 14.3. The van der Waals surface area contributed by atoms with Crippen LogP contribution in [0.3, 0.4) is 0 Å². The third-order valence-corrected chi connectivity index (χ3v) is 25.5. The van der Waals surface area contributed by atoms with Crippen LogP contribution in [0.5, 0.6) is 0 Å². The third kappa shape index (κ3) is 6.65. The van der Waals surface area contributed by atoms with Gasteiger partial charge in [-0.3, -0.25) is 0 Å². The topological polar surface area (TPSA) is 0 Å². The number of hydrogen-bond donors (Lipinski definition) is 0. The summed E-state index contributed by atoms with van der Waals surface area (Å²) in [6.45, 7) is 10.00. The minimum Gasteiger partial charge on any atom is -0.0747 e. The Morgan fingerprint density at radius 2 is 1.14 bits per heavy atom. The van der Waals surface area contributed by atoms with E-state index in [1.54, 1.807) is 0 Å². The Hall–Kier alpha value is 0.651. The van der Waals surface area contributed by atoms with Gasteiger partial charge in [0, 0.05) is 25.2 Å². The molecular weight excluding hydrogens is 132 g/mol. The molecule has 0 fully saturated rings. The molecule has 0 nitrogen and oxygen atoms in total. The summed E-state index contributed by atoms with van der Waals surface area (Å²) in [4.78, 5) is 0. The van der Waals surface area contributed by atoms with Crippen molar-refractivity contribution >= 4 is 25.2 Å². The van der Waals surface area contributed by atoms with Gasteiger partial charge in [-0.05, 0) is 0 Å². The maximum absolute atomic E-state index is 2.50. The summed E-state index contributed by atoms with van der Waals surface area (Å²) in [6, 6.07) is 0. The zero-order valence-corrected chi connectivity index (χ0v) is 9.59. The van der Waals surface area contributed by atoms with Crippen LogP contribution in [0.15, 0.2) is 0 Å². The molecule has 3 heteroatoms. The smallest absolute Gasteiger partial charge is 0.0152 e. The Balaban J connectivity index is 2.95. The van der Waals surface area contributed by atoms with Crippen molar-refractivity contribution in [2.24, 2.45) is 0 Å². The second-order valence-corrected chi connectivity index (χ2v) is 24.5. The Bertz CT molecular complexity index is 36.2. The van der Waals surface area contributed by atoms with E-state index < -0.39 is 0 Å². The largest absolute Gasteiger partial charge is 0.0747 e. The zero-order chi connectivity index (χ0) is 5.86. The van der Waals surface area contributed by atoms with Gasteiger partial charge in [-0.1, -0.05) is 26.2 Å². The molecule has 0 spiro atoms. The monoisotopic (exact) mass is 148 g/mol. The van der Waals surface area contributed by atoms with Crippen molar-refractivity contribution in [3.05, 3.63) is 0 Å². The molecule has 0 unspecified atom stereocenters. The van der Waals surface area contributed by atoms with Gasteiger partial charge >= 0.3 is 0 Å². The Kier molecular flexibility index (Phi) is 3.97. The lowest BCUT2D eigenvalue weighted by Crippen LogP contribution is -2.26. The third-order valence-electron chi connectivity index (χ3n) is 0.943. The average Bonchev–Trinajstić information content (AvgIpc) is 1.27. The van der Waals surface area contributed by atoms with Crippen molar-refractivity contribution < 1.29 is 0 Å². The van der Waals surface area contributed by atoms with Crippen molar-refractivity contribution in [3.8, 4) is 0 Å². The summed E-state index contributed by atoms with van der Waals surface area (Å²) < 4.78 is 0. The van der Waals surface area contributed by atoms with Crippen LogP contribution in [0.2, 0.25) is 26.2 Å². The van der Waals surface area contributed by atoms with Gasteiger partial charge in [0.1, 0.15) is 0 Å². The molecule has 0 aliphatic heterocycles. The summed E-state index contributed by atoms with van der Waals surface area (Å²) >= 11 is 0. The first-order valence-electron chi connectivity index (χ1n) is 3.13. The molecule has 0 amide bonds. The molecule has 0 bridgehead atoms. The predicted octanol–water partition coefficient (Wildman–Crippen LogP) is 0.122. The van der Waals surface area contributed by atoms with Crippen molar-refractivity contribution in [1.82, 2.24) is 0 Å². The van der Waals surface area contributed by atoms with E-state index in [1.165, 1.54) is 0 Å². The minimum atomic E-state index is -0.0278. The molecule has 7 heavy (non-hydrogen) atoms. The maximum atomic E-state index is 2.50. The molecule has 44 valence electrons. The van der Waals surface area contributed by atoms with Gasteiger partial charge in [0.25, 0.3) is 0 Å². The fraction of sp³-hybridized carbons (Fsp3) is 1.00. The van der Waals surface area contributed by atoms with Crippen molar-refractivity contribution in [1.29, 1.82) is 0 Å². The van der Waals surface area contributed by atoms with Crippen molar-refractivity contribution in [2.45, 2.75) is 26.2 Å². The van der Waals surface area contributed by atoms with E-state index in [0.717, 1.165) is 0 Å². The molecular formula is C4H16Si3. The number of rotatable bonds is 2. The minimum absolute atomic E-state index is 0.0278. The molecule has 0 heterocycles. The quantitative estimate of drug-likeness (QED) is 0.488. The second kappa shape index (κ2) is 3.63. The molecule has 0 rings (SSSR count). The van der Waals surface area contributed by atoms with Gasteiger partial charge in [-0.15, -0.1) is 0 Å². The van der Waals surface area contributed by atoms with Crippen LogP contribution in [0.4, 0.5) is 0 Å². The zero-order valence-electron chi connectivity index (χ0n) is 5.86. The van der Waals surface area contributed by atoms with Gasteiger partial charge in [0.15, 0.2) is 0 Å². The van der Waals surface area contributed by atoms with Gasteiger partial charge in [-0.2, -0.15) is 0 Å². The summed E-state index contributed by atoms with van der Waals surface area (Å²) in [7, 11) is 0.503. The van der Waals surface area contributed by atoms with E-state index in [-0.39, 0.29) is 16.6 Å². The van der Waals surface area contributed by atoms with Crippen molar-refractivity contribution in [3.63, 3.8) is 0 Å². The van der Waals surface area contributed by atoms with Gasteiger partial charge in [0.05, 0.1) is 0 Å². The highest BCUT2D eigenvalue weighted by Crippen LogP contribution is 1.80. The van der Waals surface area contributed by atoms with Crippen LogP contribution in [-0.4, -0.2) is 25.2 Å². The lowest BCUT2D eigenvalue weighted by atomic mass is 11.9. The molecule has 0 saturated heterocycles. The highest BCUT2D eigenvalue weighted by molar-refractivity contribution is 7.40. The Morgan fingerprint density at radius 3 is 1.14 bits per heavy atom. The molecule has 0 aliphatic rings. The van der Waals surface area contributed by atoms with E-state index in [1.807, 2.05) is 0 Å². The van der Waals surface area contributed by atoms with E-state index in [4.69, 9.17) is 0 Å². The molecule has 0 aliphatic carbocycles. The fourth-order valence-electron chi connectivity index (χ4n) is 0.943. The second-order valence-electron chi connectivity index (χ2n) is 3.02.